The lowest BCUT2D eigenvalue weighted by molar-refractivity contribution is -0.119. The van der Waals surface area contributed by atoms with E-state index in [4.69, 9.17) is 0 Å². The van der Waals surface area contributed by atoms with Gasteiger partial charge in [-0.1, -0.05) is 60.7 Å². The van der Waals surface area contributed by atoms with Crippen LogP contribution in [0.25, 0.3) is 0 Å². The van der Waals surface area contributed by atoms with Crippen LogP contribution in [0.1, 0.15) is 22.9 Å². The molecule has 1 heterocycles. The Kier molecular flexibility index (Phi) is 4.27. The molecular weight excluding hydrogens is 356 g/mol. The summed E-state index contributed by atoms with van der Waals surface area (Å²) in [6.07, 6.45) is 0. The zero-order valence-corrected chi connectivity index (χ0v) is 14.5. The third-order valence-electron chi connectivity index (χ3n) is 3.88. The molecule has 22 heavy (non-hydrogen) atoms. The van der Waals surface area contributed by atoms with Crippen LogP contribution in [0.4, 0.5) is 0 Å². The van der Waals surface area contributed by atoms with Crippen LogP contribution in [0.2, 0.25) is 0 Å². The van der Waals surface area contributed by atoms with E-state index in [1.165, 1.54) is 0 Å². The van der Waals surface area contributed by atoms with Crippen LogP contribution in [-0.4, -0.2) is 5.78 Å². The normalized spacial score (nSPS) is 11.4. The lowest BCUT2D eigenvalue weighted by Crippen LogP contribution is -2.36. The van der Waals surface area contributed by atoms with E-state index in [1.54, 1.807) is 18.3 Å². The lowest BCUT2D eigenvalue weighted by Gasteiger charge is -2.31. The second-order valence-electron chi connectivity index (χ2n) is 5.14. The van der Waals surface area contributed by atoms with Crippen LogP contribution in [-0.2, 0) is 10.2 Å². The van der Waals surface area contributed by atoms with Crippen molar-refractivity contribution in [1.29, 1.82) is 0 Å². The summed E-state index contributed by atoms with van der Waals surface area (Å²) in [6.45, 7) is 1.67. The van der Waals surface area contributed by atoms with Gasteiger partial charge in [-0.25, -0.2) is 0 Å². The standard InChI is InChI=1S/C19H15BrOS/c1-14(21)19(15-8-4-2-5-9-15,16-10-6-3-7-11-16)17-12-13-18(20)22-17/h2-13H,1H3. The molecule has 0 fully saturated rings. The number of hydrogen-bond donors (Lipinski definition) is 0. The van der Waals surface area contributed by atoms with Gasteiger partial charge in [0, 0.05) is 4.88 Å². The van der Waals surface area contributed by atoms with Crippen molar-refractivity contribution in [2.75, 3.05) is 0 Å². The van der Waals surface area contributed by atoms with Gasteiger partial charge < -0.3 is 0 Å². The third kappa shape index (κ3) is 2.44. The average Bonchev–Trinajstić information content (AvgIpc) is 2.97. The fourth-order valence-corrected chi connectivity index (χ4v) is 4.59. The Labute approximate surface area is 142 Å². The predicted molar refractivity (Wildman–Crippen MR) is 95.5 cm³/mol. The Morgan fingerprint density at radius 1 is 0.864 bits per heavy atom. The first-order valence-corrected chi connectivity index (χ1v) is 8.64. The molecule has 2 aromatic carbocycles. The number of rotatable bonds is 4. The van der Waals surface area contributed by atoms with Gasteiger partial charge in [-0.15, -0.1) is 11.3 Å². The van der Waals surface area contributed by atoms with E-state index in [2.05, 4.69) is 15.9 Å². The Bertz CT molecular complexity index is 738. The summed E-state index contributed by atoms with van der Waals surface area (Å²) in [5.41, 5.74) is 1.25. The van der Waals surface area contributed by atoms with Crippen LogP contribution < -0.4 is 0 Å². The molecule has 0 atom stereocenters. The Hall–Kier alpha value is -1.71. The Morgan fingerprint density at radius 2 is 1.36 bits per heavy atom. The molecule has 0 aliphatic heterocycles. The molecule has 3 aromatic rings. The maximum atomic E-state index is 12.9. The van der Waals surface area contributed by atoms with Crippen molar-refractivity contribution in [3.05, 3.63) is 92.6 Å². The maximum absolute atomic E-state index is 12.9. The number of Topliss-reactive ketones (excluding diaryl/α,β-unsaturated/α-hetero) is 1. The molecule has 0 spiro atoms. The highest BCUT2D eigenvalue weighted by Gasteiger charge is 2.42. The molecule has 0 radical (unpaired) electrons. The molecular formula is C19H15BrOS. The van der Waals surface area contributed by atoms with Crippen LogP contribution in [0.3, 0.4) is 0 Å². The lowest BCUT2D eigenvalue weighted by atomic mass is 9.70. The van der Waals surface area contributed by atoms with Gasteiger partial charge in [-0.2, -0.15) is 0 Å². The molecule has 0 saturated carbocycles. The van der Waals surface area contributed by atoms with E-state index < -0.39 is 5.41 Å². The highest BCUT2D eigenvalue weighted by molar-refractivity contribution is 9.11. The first kappa shape index (κ1) is 15.2. The van der Waals surface area contributed by atoms with Crippen molar-refractivity contribution in [3.8, 4) is 0 Å². The molecule has 0 N–H and O–H groups in total. The second-order valence-corrected chi connectivity index (χ2v) is 7.61. The zero-order chi connectivity index (χ0) is 15.6. The summed E-state index contributed by atoms with van der Waals surface area (Å²) in [5, 5.41) is 0. The average molecular weight is 371 g/mol. The van der Waals surface area contributed by atoms with Crippen molar-refractivity contribution < 1.29 is 4.79 Å². The van der Waals surface area contributed by atoms with Crippen molar-refractivity contribution in [2.24, 2.45) is 0 Å². The van der Waals surface area contributed by atoms with E-state index in [1.807, 2.05) is 72.8 Å². The predicted octanol–water partition coefficient (Wildman–Crippen LogP) is 5.43. The van der Waals surface area contributed by atoms with Gasteiger partial charge in [0.05, 0.1) is 3.79 Å². The van der Waals surface area contributed by atoms with Gasteiger partial charge in [-0.05, 0) is 46.1 Å². The van der Waals surface area contributed by atoms with E-state index in [-0.39, 0.29) is 5.78 Å². The van der Waals surface area contributed by atoms with Crippen molar-refractivity contribution >= 4 is 33.0 Å². The SMILES string of the molecule is CC(=O)C(c1ccccc1)(c1ccccc1)c1ccc(Br)s1. The molecule has 0 bridgehead atoms. The highest BCUT2D eigenvalue weighted by atomic mass is 79.9. The van der Waals surface area contributed by atoms with Crippen molar-refractivity contribution in [1.82, 2.24) is 0 Å². The largest absolute Gasteiger partial charge is 0.298 e. The molecule has 0 aliphatic carbocycles. The number of halogens is 1. The molecule has 0 unspecified atom stereocenters. The molecule has 110 valence electrons. The molecule has 0 saturated heterocycles. The van der Waals surface area contributed by atoms with E-state index in [0.717, 1.165) is 19.8 Å². The quantitative estimate of drug-likeness (QED) is 0.597. The molecule has 1 nitrogen and oxygen atoms in total. The van der Waals surface area contributed by atoms with Crippen LogP contribution >= 0.6 is 27.3 Å². The summed E-state index contributed by atoms with van der Waals surface area (Å²) in [7, 11) is 0. The van der Waals surface area contributed by atoms with E-state index in [0.29, 0.717) is 0 Å². The van der Waals surface area contributed by atoms with E-state index in [9.17, 15) is 4.79 Å². The number of hydrogen-bond acceptors (Lipinski definition) is 2. The Balaban J connectivity index is 2.36. The smallest absolute Gasteiger partial charge is 0.150 e. The monoisotopic (exact) mass is 370 g/mol. The fraction of sp³-hybridized carbons (Fsp3) is 0.105. The number of ketones is 1. The minimum atomic E-state index is -0.751. The number of thiophene rings is 1. The maximum Gasteiger partial charge on any atom is 0.150 e. The number of carbonyl (C=O) groups is 1. The van der Waals surface area contributed by atoms with Crippen molar-refractivity contribution in [2.45, 2.75) is 12.3 Å². The van der Waals surface area contributed by atoms with Gasteiger partial charge >= 0.3 is 0 Å². The van der Waals surface area contributed by atoms with Gasteiger partial charge in [-0.3, -0.25) is 4.79 Å². The minimum Gasteiger partial charge on any atom is -0.298 e. The highest BCUT2D eigenvalue weighted by Crippen LogP contribution is 2.44. The van der Waals surface area contributed by atoms with Gasteiger partial charge in [0.25, 0.3) is 0 Å². The topological polar surface area (TPSA) is 17.1 Å². The first-order chi connectivity index (χ1) is 10.7. The summed E-state index contributed by atoms with van der Waals surface area (Å²) in [6, 6.07) is 24.1. The van der Waals surface area contributed by atoms with Crippen LogP contribution in [0.15, 0.2) is 76.6 Å². The molecule has 1 aromatic heterocycles. The second kappa shape index (κ2) is 6.19. The van der Waals surface area contributed by atoms with Crippen molar-refractivity contribution in [3.63, 3.8) is 0 Å². The fourth-order valence-electron chi connectivity index (χ4n) is 2.92. The summed E-state index contributed by atoms with van der Waals surface area (Å²) >= 11 is 5.13. The molecule has 0 amide bonds. The Morgan fingerprint density at radius 3 is 1.73 bits per heavy atom. The summed E-state index contributed by atoms with van der Waals surface area (Å²) < 4.78 is 1.03. The summed E-state index contributed by atoms with van der Waals surface area (Å²) in [5.74, 6) is 0.124. The molecule has 3 heteroatoms. The van der Waals surface area contributed by atoms with Crippen LogP contribution in [0.5, 0.6) is 0 Å². The van der Waals surface area contributed by atoms with Gasteiger partial charge in [0.1, 0.15) is 11.2 Å². The number of benzene rings is 2. The van der Waals surface area contributed by atoms with Crippen LogP contribution in [0, 0.1) is 0 Å². The first-order valence-electron chi connectivity index (χ1n) is 7.03. The van der Waals surface area contributed by atoms with Gasteiger partial charge in [0.15, 0.2) is 0 Å². The minimum absolute atomic E-state index is 0.124. The van der Waals surface area contributed by atoms with E-state index >= 15 is 0 Å². The third-order valence-corrected chi connectivity index (χ3v) is 5.63. The van der Waals surface area contributed by atoms with Gasteiger partial charge in [0.2, 0.25) is 0 Å². The molecule has 0 aliphatic rings. The number of carbonyl (C=O) groups excluding carboxylic acids is 1. The zero-order valence-electron chi connectivity index (χ0n) is 12.1. The molecule has 3 rings (SSSR count). The summed E-state index contributed by atoms with van der Waals surface area (Å²) in [4.78, 5) is 13.9.